The SMILES string of the molecule is COC1CN(c2cccc([C@@H](OC)C(=O)Cc3nnc(N[C@@H]4CCN(c5nccnn5)C4)s3)c2)C1.COC1CN(c2cccc([C@H](OC)C(=O)Cc3nnc(N[C@@H]4CCN(c5nccnn5)C4)s3)c2)C1.Nc1nnc(N[C@@H]2CCN(c3nccnn3)C2)s1. The number of Topliss-reactive ketones (excluding diaryl/α,β-unsaturated/α-hetero) is 2. The maximum Gasteiger partial charge on any atom is 0.245 e. The number of aromatic nitrogens is 15. The molecular formula is C55H68N24O6S3. The van der Waals surface area contributed by atoms with Crippen LogP contribution in [-0.4, -0.2) is 212 Å². The second-order valence-electron chi connectivity index (χ2n) is 21.2. The fourth-order valence-corrected chi connectivity index (χ4v) is 12.9. The van der Waals surface area contributed by atoms with E-state index in [4.69, 9.17) is 24.7 Å². The molecule has 0 bridgehead atoms. The minimum absolute atomic E-state index is 0.0495. The smallest absolute Gasteiger partial charge is 0.245 e. The van der Waals surface area contributed by atoms with Gasteiger partial charge in [0.2, 0.25) is 38.4 Å². The van der Waals surface area contributed by atoms with Crippen molar-refractivity contribution >= 4 is 95.3 Å². The van der Waals surface area contributed by atoms with Crippen molar-refractivity contribution < 1.29 is 28.5 Å². The molecule has 30 nitrogen and oxygen atoms in total. The zero-order valence-corrected chi connectivity index (χ0v) is 51.4. The number of nitrogens with zero attached hydrogens (tertiary/aromatic N) is 20. The van der Waals surface area contributed by atoms with Crippen LogP contribution in [0.1, 0.15) is 52.6 Å². The number of benzene rings is 2. The topological polar surface area (TPSA) is 343 Å². The molecule has 5 atom stereocenters. The predicted octanol–water partition coefficient (Wildman–Crippen LogP) is 3.49. The third-order valence-corrected chi connectivity index (χ3v) is 17.7. The van der Waals surface area contributed by atoms with E-state index in [1.54, 1.807) is 65.6 Å². The lowest BCUT2D eigenvalue weighted by molar-refractivity contribution is -0.129. The first-order valence-electron chi connectivity index (χ1n) is 28.6. The zero-order chi connectivity index (χ0) is 60.8. The van der Waals surface area contributed by atoms with Crippen molar-refractivity contribution in [3.05, 3.63) is 107 Å². The lowest BCUT2D eigenvalue weighted by Gasteiger charge is -2.40. The molecule has 6 aromatic heterocycles. The highest BCUT2D eigenvalue weighted by Crippen LogP contribution is 2.32. The normalized spacial score (nSPS) is 19.0. The number of nitrogens with one attached hydrogen (secondary N) is 3. The maximum absolute atomic E-state index is 13.1. The number of hydrogen-bond donors (Lipinski definition) is 4. The minimum atomic E-state index is -0.655. The molecule has 33 heteroatoms. The van der Waals surface area contributed by atoms with E-state index < -0.39 is 12.2 Å². The summed E-state index contributed by atoms with van der Waals surface area (Å²) in [4.78, 5) is 49.6. The number of anilines is 9. The van der Waals surface area contributed by atoms with Gasteiger partial charge in [-0.15, -0.1) is 45.9 Å². The van der Waals surface area contributed by atoms with Crippen molar-refractivity contribution in [2.45, 2.75) is 74.6 Å². The van der Waals surface area contributed by atoms with Crippen molar-refractivity contribution in [2.24, 2.45) is 0 Å². The molecule has 5 aliphatic rings. The molecule has 88 heavy (non-hydrogen) atoms. The highest BCUT2D eigenvalue weighted by atomic mass is 32.1. The first-order valence-corrected chi connectivity index (χ1v) is 31.1. The summed E-state index contributed by atoms with van der Waals surface area (Å²) < 4.78 is 21.9. The summed E-state index contributed by atoms with van der Waals surface area (Å²) in [6.45, 7) is 8.30. The molecule has 5 saturated heterocycles. The summed E-state index contributed by atoms with van der Waals surface area (Å²) in [6, 6.07) is 16.6. The number of carbonyl (C=O) groups excluding carboxylic acids is 2. The molecule has 0 unspecified atom stereocenters. The van der Waals surface area contributed by atoms with Gasteiger partial charge in [-0.25, -0.2) is 15.0 Å². The van der Waals surface area contributed by atoms with Gasteiger partial charge >= 0.3 is 0 Å². The Morgan fingerprint density at radius 2 is 0.886 bits per heavy atom. The Morgan fingerprint density at radius 1 is 0.500 bits per heavy atom. The summed E-state index contributed by atoms with van der Waals surface area (Å²) in [7, 11) is 6.58. The number of carbonyl (C=O) groups is 2. The van der Waals surface area contributed by atoms with Crippen LogP contribution >= 0.6 is 34.0 Å². The summed E-state index contributed by atoms with van der Waals surface area (Å²) in [5.74, 6) is 1.82. The van der Waals surface area contributed by atoms with Crippen LogP contribution in [-0.2, 0) is 41.4 Å². The van der Waals surface area contributed by atoms with E-state index in [0.29, 0.717) is 49.3 Å². The van der Waals surface area contributed by atoms with Gasteiger partial charge in [0.25, 0.3) is 0 Å². The Morgan fingerprint density at radius 3 is 1.23 bits per heavy atom. The fraction of sp³-hybridized carbons (Fsp3) is 0.473. The van der Waals surface area contributed by atoms with Crippen LogP contribution in [0.3, 0.4) is 0 Å². The van der Waals surface area contributed by atoms with Gasteiger partial charge in [0.1, 0.15) is 22.2 Å². The van der Waals surface area contributed by atoms with E-state index in [0.717, 1.165) is 112 Å². The molecular weight excluding hydrogens is 1190 g/mol. The number of nitrogens with two attached hydrogens (primary N) is 1. The van der Waals surface area contributed by atoms with Crippen LogP contribution in [0, 0.1) is 0 Å². The van der Waals surface area contributed by atoms with Gasteiger partial charge in [-0.1, -0.05) is 58.3 Å². The van der Waals surface area contributed by atoms with Gasteiger partial charge < -0.3 is 65.1 Å². The summed E-state index contributed by atoms with van der Waals surface area (Å²) in [6.07, 6.45) is 12.0. The van der Waals surface area contributed by atoms with Gasteiger partial charge in [0.15, 0.2) is 11.6 Å². The van der Waals surface area contributed by atoms with Gasteiger partial charge in [0.05, 0.1) is 62.2 Å². The second-order valence-corrected chi connectivity index (χ2v) is 24.4. The van der Waals surface area contributed by atoms with E-state index in [-0.39, 0.29) is 48.7 Å². The minimum Gasteiger partial charge on any atom is -0.378 e. The van der Waals surface area contributed by atoms with Crippen molar-refractivity contribution in [1.82, 2.24) is 76.1 Å². The van der Waals surface area contributed by atoms with E-state index in [2.05, 4.69) is 117 Å². The Labute approximate surface area is 519 Å². The molecule has 5 N–H and O–H groups in total. The third-order valence-electron chi connectivity index (χ3n) is 15.3. The van der Waals surface area contributed by atoms with Crippen LogP contribution in [0.25, 0.3) is 0 Å². The Hall–Kier alpha value is -8.47. The molecule has 0 radical (unpaired) electrons. The molecule has 5 fully saturated rings. The van der Waals surface area contributed by atoms with Crippen LogP contribution < -0.4 is 46.2 Å². The number of ketones is 2. The number of nitrogen functional groups attached to an aromatic ring is 1. The van der Waals surface area contributed by atoms with Crippen molar-refractivity contribution in [2.75, 3.05) is 140 Å². The number of hydrogen-bond acceptors (Lipinski definition) is 33. The average Bonchev–Trinajstić information content (AvgIpc) is 3.45. The van der Waals surface area contributed by atoms with Gasteiger partial charge in [-0.2, -0.15) is 15.3 Å². The first-order chi connectivity index (χ1) is 43.1. The Balaban J connectivity index is 0.000000144. The molecule has 2 aromatic carbocycles. The van der Waals surface area contributed by atoms with Gasteiger partial charge in [-0.05, 0) is 54.7 Å². The van der Waals surface area contributed by atoms with Crippen LogP contribution in [0.15, 0.2) is 85.7 Å². The molecule has 11 heterocycles. The summed E-state index contributed by atoms with van der Waals surface area (Å²) >= 11 is 4.15. The largest absolute Gasteiger partial charge is 0.378 e. The third kappa shape index (κ3) is 15.8. The monoisotopic (exact) mass is 1260 g/mol. The molecule has 0 aliphatic carbocycles. The average molecular weight is 1260 g/mol. The highest BCUT2D eigenvalue weighted by molar-refractivity contribution is 7.18. The maximum atomic E-state index is 13.1. The molecule has 0 amide bonds. The lowest BCUT2D eigenvalue weighted by Crippen LogP contribution is -2.51. The van der Waals surface area contributed by atoms with E-state index >= 15 is 0 Å². The Kier molecular flexibility index (Phi) is 20.5. The summed E-state index contributed by atoms with van der Waals surface area (Å²) in [5.41, 5.74) is 9.34. The quantitative estimate of drug-likeness (QED) is 0.0712. The number of ether oxygens (including phenoxy) is 4. The molecule has 13 rings (SSSR count). The van der Waals surface area contributed by atoms with Crippen molar-refractivity contribution in [1.29, 1.82) is 0 Å². The molecule has 462 valence electrons. The second kappa shape index (κ2) is 29.5. The molecule has 8 aromatic rings. The van der Waals surface area contributed by atoms with E-state index in [1.165, 1.54) is 34.0 Å². The summed E-state index contributed by atoms with van der Waals surface area (Å²) in [5, 5.41) is 62.5. The first kappa shape index (κ1) is 61.2. The zero-order valence-electron chi connectivity index (χ0n) is 48.9. The van der Waals surface area contributed by atoms with E-state index in [1.807, 2.05) is 48.5 Å². The number of rotatable bonds is 23. The lowest BCUT2D eigenvalue weighted by atomic mass is 10.0. The fourth-order valence-electron chi connectivity index (χ4n) is 10.7. The standard InChI is InChI=1S/2C23H28N8O3S.C9H12N8S/c2*1-33-18-13-31(14-18)17-5-3-4-15(10-17)21(34-2)19(32)11-20-27-29-23(35-20)26-16-6-9-30(12-16)22-24-7-8-25-28-22;10-7-14-16-9(18-7)13-6-1-4-17(5-6)8-11-2-3-12-15-8/h2*3-5,7-8,10,16,18,21H,6,9,11-14H2,1-2H3,(H,26,29);2-3,6H,1,4-5H2,(H2,10,14)(H,13,16)/t16-,21+;16-,21-;6-/m111/s1. The van der Waals surface area contributed by atoms with Gasteiger partial charge in [0, 0.05) is 123 Å². The van der Waals surface area contributed by atoms with Crippen molar-refractivity contribution in [3.63, 3.8) is 0 Å². The van der Waals surface area contributed by atoms with Crippen LogP contribution in [0.4, 0.5) is 49.7 Å². The molecule has 0 spiro atoms. The van der Waals surface area contributed by atoms with Crippen molar-refractivity contribution in [3.8, 4) is 0 Å². The van der Waals surface area contributed by atoms with Crippen LogP contribution in [0.5, 0.6) is 0 Å². The van der Waals surface area contributed by atoms with Gasteiger partial charge in [-0.3, -0.25) is 9.59 Å². The van der Waals surface area contributed by atoms with E-state index in [9.17, 15) is 9.59 Å². The Bertz CT molecular complexity index is 3320. The van der Waals surface area contributed by atoms with Crippen LogP contribution in [0.2, 0.25) is 0 Å². The highest BCUT2D eigenvalue weighted by Gasteiger charge is 2.32. The predicted molar refractivity (Wildman–Crippen MR) is 332 cm³/mol. The molecule has 0 saturated carbocycles. The molecule has 5 aliphatic heterocycles. The number of methoxy groups -OCH3 is 4.